The summed E-state index contributed by atoms with van der Waals surface area (Å²) in [5, 5.41) is 0. The van der Waals surface area contributed by atoms with E-state index in [4.69, 9.17) is 11.6 Å². The summed E-state index contributed by atoms with van der Waals surface area (Å²) in [5.41, 5.74) is -0.483. The quantitative estimate of drug-likeness (QED) is 0.868. The number of hydrogen-bond donors (Lipinski definition) is 1. The first-order valence-corrected chi connectivity index (χ1v) is 8.64. The number of halogens is 1. The zero-order valence-corrected chi connectivity index (χ0v) is 12.7. The van der Waals surface area contributed by atoms with Crippen LogP contribution in [0, 0.1) is 5.92 Å². The molecule has 0 spiro atoms. The van der Waals surface area contributed by atoms with E-state index in [1.54, 1.807) is 30.3 Å². The molecule has 1 N–H and O–H groups in total. The monoisotopic (exact) mass is 301 g/mol. The molecule has 0 atom stereocenters. The Bertz CT molecular complexity index is 508. The highest BCUT2D eigenvalue weighted by Crippen LogP contribution is 2.34. The van der Waals surface area contributed by atoms with Gasteiger partial charge in [0.2, 0.25) is 10.0 Å². The smallest absolute Gasteiger partial charge is 0.207 e. The van der Waals surface area contributed by atoms with Crippen LogP contribution in [0.25, 0.3) is 0 Å². The Morgan fingerprint density at radius 3 is 2.37 bits per heavy atom. The van der Waals surface area contributed by atoms with E-state index in [1.165, 1.54) is 0 Å². The van der Waals surface area contributed by atoms with Gasteiger partial charge in [0.25, 0.3) is 0 Å². The molecule has 1 fully saturated rings. The van der Waals surface area contributed by atoms with Crippen LogP contribution in [0.4, 0.5) is 0 Å². The molecule has 0 unspecified atom stereocenters. The van der Waals surface area contributed by atoms with Gasteiger partial charge in [0.05, 0.1) is 4.90 Å². The number of hydrogen-bond acceptors (Lipinski definition) is 2. The highest BCUT2D eigenvalue weighted by molar-refractivity contribution is 7.89. The lowest BCUT2D eigenvalue weighted by Crippen LogP contribution is -2.51. The Labute approximate surface area is 120 Å². The average molecular weight is 302 g/mol. The third kappa shape index (κ3) is 3.50. The zero-order chi connectivity index (χ0) is 13.9. The molecule has 0 aromatic heterocycles. The lowest BCUT2D eigenvalue weighted by Gasteiger charge is -2.38. The van der Waals surface area contributed by atoms with Crippen LogP contribution in [0.3, 0.4) is 0 Å². The number of sulfonamides is 1. The van der Waals surface area contributed by atoms with Gasteiger partial charge in [-0.1, -0.05) is 25.1 Å². The molecule has 1 saturated carbocycles. The molecule has 0 radical (unpaired) electrons. The van der Waals surface area contributed by atoms with Crippen molar-refractivity contribution in [2.24, 2.45) is 5.92 Å². The van der Waals surface area contributed by atoms with Gasteiger partial charge in [-0.15, -0.1) is 11.6 Å². The molecular weight excluding hydrogens is 282 g/mol. The molecule has 5 heteroatoms. The maximum atomic E-state index is 12.4. The second kappa shape index (κ2) is 5.81. The third-order valence-electron chi connectivity index (χ3n) is 3.89. The SMILES string of the molecule is CC1CCC(CCl)(NS(=O)(=O)c2ccccc2)CC1. The van der Waals surface area contributed by atoms with Crippen LogP contribution in [0.2, 0.25) is 0 Å². The van der Waals surface area contributed by atoms with Gasteiger partial charge >= 0.3 is 0 Å². The minimum atomic E-state index is -3.48. The normalized spacial score (nSPS) is 28.2. The van der Waals surface area contributed by atoms with Crippen LogP contribution < -0.4 is 4.72 Å². The summed E-state index contributed by atoms with van der Waals surface area (Å²) in [6.07, 6.45) is 3.65. The number of nitrogens with one attached hydrogen (secondary N) is 1. The van der Waals surface area contributed by atoms with E-state index in [1.807, 2.05) is 0 Å². The van der Waals surface area contributed by atoms with Crippen LogP contribution in [0.1, 0.15) is 32.6 Å². The van der Waals surface area contributed by atoms with E-state index in [0.29, 0.717) is 16.7 Å². The van der Waals surface area contributed by atoms with E-state index in [2.05, 4.69) is 11.6 Å². The maximum Gasteiger partial charge on any atom is 0.241 e. The summed E-state index contributed by atoms with van der Waals surface area (Å²) in [4.78, 5) is 0.304. The fourth-order valence-electron chi connectivity index (χ4n) is 2.52. The largest absolute Gasteiger partial charge is 0.241 e. The maximum absolute atomic E-state index is 12.4. The van der Waals surface area contributed by atoms with Gasteiger partial charge in [-0.05, 0) is 43.7 Å². The van der Waals surface area contributed by atoms with Gasteiger partial charge in [-0.3, -0.25) is 0 Å². The summed E-state index contributed by atoms with van der Waals surface area (Å²) in [6, 6.07) is 8.47. The van der Waals surface area contributed by atoms with Crippen LogP contribution >= 0.6 is 11.6 Å². The molecule has 1 aliphatic carbocycles. The Hall–Kier alpha value is -0.580. The predicted molar refractivity (Wildman–Crippen MR) is 77.8 cm³/mol. The van der Waals surface area contributed by atoms with Crippen molar-refractivity contribution >= 4 is 21.6 Å². The molecule has 0 heterocycles. The third-order valence-corrected chi connectivity index (χ3v) is 6.00. The first-order valence-electron chi connectivity index (χ1n) is 6.62. The predicted octanol–water partition coefficient (Wildman–Crippen LogP) is 3.15. The van der Waals surface area contributed by atoms with Gasteiger partial charge in [-0.2, -0.15) is 0 Å². The summed E-state index contributed by atoms with van der Waals surface area (Å²) >= 11 is 6.05. The Morgan fingerprint density at radius 1 is 1.26 bits per heavy atom. The molecular formula is C14H20ClNO2S. The molecule has 1 aliphatic rings. The lowest BCUT2D eigenvalue weighted by molar-refractivity contribution is 0.247. The fraction of sp³-hybridized carbons (Fsp3) is 0.571. The Kier molecular flexibility index (Phi) is 4.54. The molecule has 0 saturated heterocycles. The van der Waals surface area contributed by atoms with Crippen LogP contribution in [-0.4, -0.2) is 19.8 Å². The Morgan fingerprint density at radius 2 is 1.84 bits per heavy atom. The lowest BCUT2D eigenvalue weighted by atomic mass is 9.79. The second-order valence-electron chi connectivity index (χ2n) is 5.52. The summed E-state index contributed by atoms with van der Waals surface area (Å²) in [5.74, 6) is 0.976. The highest BCUT2D eigenvalue weighted by Gasteiger charge is 2.37. The van der Waals surface area contributed by atoms with E-state index in [-0.39, 0.29) is 0 Å². The van der Waals surface area contributed by atoms with E-state index < -0.39 is 15.6 Å². The Balaban J connectivity index is 2.19. The summed E-state index contributed by atoms with van der Waals surface area (Å²) in [6.45, 7) is 2.20. The molecule has 0 bridgehead atoms. The molecule has 1 aromatic rings. The van der Waals surface area contributed by atoms with Gasteiger partial charge in [0, 0.05) is 11.4 Å². The molecule has 0 amide bonds. The van der Waals surface area contributed by atoms with Gasteiger partial charge in [-0.25, -0.2) is 13.1 Å². The first-order chi connectivity index (χ1) is 8.97. The van der Waals surface area contributed by atoms with Crippen LogP contribution in [-0.2, 0) is 10.0 Å². The van der Waals surface area contributed by atoms with Crippen molar-refractivity contribution in [1.82, 2.24) is 4.72 Å². The van der Waals surface area contributed by atoms with Crippen molar-refractivity contribution < 1.29 is 8.42 Å². The van der Waals surface area contributed by atoms with Crippen molar-refractivity contribution in [1.29, 1.82) is 0 Å². The van der Waals surface area contributed by atoms with Crippen molar-refractivity contribution in [3.63, 3.8) is 0 Å². The average Bonchev–Trinajstić information content (AvgIpc) is 2.42. The molecule has 3 nitrogen and oxygen atoms in total. The van der Waals surface area contributed by atoms with Crippen molar-refractivity contribution in [3.05, 3.63) is 30.3 Å². The van der Waals surface area contributed by atoms with Crippen molar-refractivity contribution in [2.45, 2.75) is 43.0 Å². The second-order valence-corrected chi connectivity index (χ2v) is 7.46. The molecule has 106 valence electrons. The highest BCUT2D eigenvalue weighted by atomic mass is 35.5. The number of rotatable bonds is 4. The van der Waals surface area contributed by atoms with Crippen molar-refractivity contribution in [2.75, 3.05) is 5.88 Å². The fourth-order valence-corrected chi connectivity index (χ4v) is 4.41. The summed E-state index contributed by atoms with van der Waals surface area (Å²) < 4.78 is 27.6. The van der Waals surface area contributed by atoms with Crippen LogP contribution in [0.15, 0.2) is 35.2 Å². The first kappa shape index (κ1) is 14.8. The standard InChI is InChI=1S/C14H20ClNO2S/c1-12-7-9-14(11-15,10-8-12)16-19(17,18)13-5-3-2-4-6-13/h2-6,12,16H,7-11H2,1H3. The molecule has 1 aromatic carbocycles. The molecule has 2 rings (SSSR count). The van der Waals surface area contributed by atoms with E-state index in [9.17, 15) is 8.42 Å². The molecule has 0 aliphatic heterocycles. The molecule has 19 heavy (non-hydrogen) atoms. The number of benzene rings is 1. The van der Waals surface area contributed by atoms with Gasteiger partial charge in [0.15, 0.2) is 0 Å². The minimum Gasteiger partial charge on any atom is -0.207 e. The van der Waals surface area contributed by atoms with Crippen molar-refractivity contribution in [3.8, 4) is 0 Å². The zero-order valence-electron chi connectivity index (χ0n) is 11.1. The topological polar surface area (TPSA) is 46.2 Å². The van der Waals surface area contributed by atoms with E-state index >= 15 is 0 Å². The number of alkyl halides is 1. The van der Waals surface area contributed by atoms with Gasteiger partial charge in [0.1, 0.15) is 0 Å². The van der Waals surface area contributed by atoms with Gasteiger partial charge < -0.3 is 0 Å². The van der Waals surface area contributed by atoms with E-state index in [0.717, 1.165) is 25.7 Å². The minimum absolute atomic E-state index is 0.304. The summed E-state index contributed by atoms with van der Waals surface area (Å²) in [7, 11) is -3.48. The van der Waals surface area contributed by atoms with Crippen LogP contribution in [0.5, 0.6) is 0 Å².